The van der Waals surface area contributed by atoms with Crippen LogP contribution in [-0.2, 0) is 12.8 Å². The predicted octanol–water partition coefficient (Wildman–Crippen LogP) is 3.62. The number of hydrogen-bond donors (Lipinski definition) is 0. The molecule has 0 unspecified atom stereocenters. The number of hydrogen-bond acceptors (Lipinski definition) is 4. The van der Waals surface area contributed by atoms with Gasteiger partial charge in [0.15, 0.2) is 0 Å². The van der Waals surface area contributed by atoms with E-state index < -0.39 is 0 Å². The zero-order valence-electron chi connectivity index (χ0n) is 13.7. The van der Waals surface area contributed by atoms with Crippen LogP contribution in [0.2, 0.25) is 0 Å². The molecule has 0 N–H and O–H groups in total. The molecule has 0 saturated carbocycles. The number of ether oxygens (including phenoxy) is 1. The zero-order chi connectivity index (χ0) is 16.2. The van der Waals surface area contributed by atoms with Gasteiger partial charge < -0.3 is 4.74 Å². The second-order valence-electron chi connectivity index (χ2n) is 5.71. The fourth-order valence-corrected chi connectivity index (χ4v) is 4.12. The standard InChI is InChI=1S/C18H22N2O2S/c1-3-4-12-23-17-15-6-5-7-16(15)20(18(21)19-17)13-8-10-14(22-2)11-9-13/h8-11H,3-7,12H2,1-2H3. The third-order valence-corrected chi connectivity index (χ3v) is 5.28. The van der Waals surface area contributed by atoms with Crippen LogP contribution in [0.3, 0.4) is 0 Å². The lowest BCUT2D eigenvalue weighted by atomic mass is 10.2. The van der Waals surface area contributed by atoms with Gasteiger partial charge in [0.05, 0.1) is 12.8 Å². The minimum Gasteiger partial charge on any atom is -0.497 e. The Bertz CT molecular complexity index is 738. The Hall–Kier alpha value is -1.75. The van der Waals surface area contributed by atoms with Crippen LogP contribution in [-0.4, -0.2) is 22.4 Å². The number of methoxy groups -OCH3 is 1. The normalized spacial score (nSPS) is 13.1. The minimum atomic E-state index is -0.171. The first-order chi connectivity index (χ1) is 11.2. The Balaban J connectivity index is 2.01. The summed E-state index contributed by atoms with van der Waals surface area (Å²) in [5, 5.41) is 0.945. The van der Waals surface area contributed by atoms with E-state index in [1.807, 2.05) is 24.3 Å². The molecule has 3 rings (SSSR count). The van der Waals surface area contributed by atoms with E-state index >= 15 is 0 Å². The van der Waals surface area contributed by atoms with E-state index in [4.69, 9.17) is 4.74 Å². The van der Waals surface area contributed by atoms with Crippen LogP contribution in [0.1, 0.15) is 37.4 Å². The number of fused-ring (bicyclic) bond motifs is 1. The summed E-state index contributed by atoms with van der Waals surface area (Å²) in [4.78, 5) is 17.0. The van der Waals surface area contributed by atoms with Crippen LogP contribution in [0.15, 0.2) is 34.1 Å². The first-order valence-corrected chi connectivity index (χ1v) is 9.15. The lowest BCUT2D eigenvalue weighted by molar-refractivity contribution is 0.414. The molecule has 1 aromatic carbocycles. The lowest BCUT2D eigenvalue weighted by Crippen LogP contribution is -2.25. The summed E-state index contributed by atoms with van der Waals surface area (Å²) >= 11 is 1.73. The molecule has 4 nitrogen and oxygen atoms in total. The fourth-order valence-electron chi connectivity index (χ4n) is 2.95. The van der Waals surface area contributed by atoms with Gasteiger partial charge in [-0.2, -0.15) is 4.98 Å². The molecule has 122 valence electrons. The average molecular weight is 330 g/mol. The Labute approximate surface area is 140 Å². The van der Waals surface area contributed by atoms with Gasteiger partial charge in [0.25, 0.3) is 0 Å². The molecule has 1 aliphatic carbocycles. The fraction of sp³-hybridized carbons (Fsp3) is 0.444. The van der Waals surface area contributed by atoms with Crippen molar-refractivity contribution in [2.24, 2.45) is 0 Å². The van der Waals surface area contributed by atoms with Crippen LogP contribution in [0.4, 0.5) is 0 Å². The summed E-state index contributed by atoms with van der Waals surface area (Å²) in [7, 11) is 1.64. The topological polar surface area (TPSA) is 44.1 Å². The van der Waals surface area contributed by atoms with Crippen molar-refractivity contribution in [2.45, 2.75) is 44.1 Å². The van der Waals surface area contributed by atoms with Gasteiger partial charge in [0.1, 0.15) is 10.8 Å². The maximum atomic E-state index is 12.6. The van der Waals surface area contributed by atoms with Crippen LogP contribution in [0.25, 0.3) is 5.69 Å². The zero-order valence-corrected chi connectivity index (χ0v) is 14.5. The highest BCUT2D eigenvalue weighted by atomic mass is 32.2. The molecule has 0 spiro atoms. The highest BCUT2D eigenvalue weighted by molar-refractivity contribution is 7.99. The SMILES string of the molecule is CCCCSc1nc(=O)n(-c2ccc(OC)cc2)c2c1CCC2. The molecule has 0 amide bonds. The van der Waals surface area contributed by atoms with Crippen LogP contribution in [0, 0.1) is 0 Å². The number of benzene rings is 1. The lowest BCUT2D eigenvalue weighted by Gasteiger charge is -2.14. The Morgan fingerprint density at radius 1 is 1.26 bits per heavy atom. The molecule has 0 radical (unpaired) electrons. The summed E-state index contributed by atoms with van der Waals surface area (Å²) < 4.78 is 6.97. The predicted molar refractivity (Wildman–Crippen MR) is 94.0 cm³/mol. The summed E-state index contributed by atoms with van der Waals surface area (Å²) in [6.45, 7) is 2.18. The van der Waals surface area contributed by atoms with Crippen molar-refractivity contribution in [1.82, 2.24) is 9.55 Å². The third kappa shape index (κ3) is 3.29. The van der Waals surface area contributed by atoms with Gasteiger partial charge in [-0.3, -0.25) is 4.57 Å². The van der Waals surface area contributed by atoms with E-state index in [0.29, 0.717) is 0 Å². The third-order valence-electron chi connectivity index (χ3n) is 4.17. The van der Waals surface area contributed by atoms with Crippen LogP contribution in [0.5, 0.6) is 5.75 Å². The molecule has 2 aromatic rings. The number of aromatic nitrogens is 2. The number of nitrogens with zero attached hydrogens (tertiary/aromatic N) is 2. The van der Waals surface area contributed by atoms with Gasteiger partial charge in [-0.1, -0.05) is 13.3 Å². The Morgan fingerprint density at radius 2 is 2.04 bits per heavy atom. The van der Waals surface area contributed by atoms with Crippen molar-refractivity contribution in [3.63, 3.8) is 0 Å². The second kappa shape index (κ2) is 7.21. The maximum Gasteiger partial charge on any atom is 0.353 e. The second-order valence-corrected chi connectivity index (χ2v) is 6.80. The largest absolute Gasteiger partial charge is 0.497 e. The van der Waals surface area contributed by atoms with E-state index in [0.717, 1.165) is 60.0 Å². The molecule has 0 fully saturated rings. The van der Waals surface area contributed by atoms with E-state index in [1.165, 1.54) is 5.56 Å². The van der Waals surface area contributed by atoms with Crippen molar-refractivity contribution < 1.29 is 4.74 Å². The van der Waals surface area contributed by atoms with Crippen molar-refractivity contribution in [3.05, 3.63) is 46.0 Å². The summed E-state index contributed by atoms with van der Waals surface area (Å²) in [6.07, 6.45) is 5.38. The molecule has 5 heteroatoms. The van der Waals surface area contributed by atoms with Gasteiger partial charge in [0, 0.05) is 11.3 Å². The van der Waals surface area contributed by atoms with Gasteiger partial charge in [0.2, 0.25) is 0 Å². The van der Waals surface area contributed by atoms with Crippen molar-refractivity contribution in [2.75, 3.05) is 12.9 Å². The number of rotatable bonds is 6. The van der Waals surface area contributed by atoms with Gasteiger partial charge in [-0.25, -0.2) is 4.79 Å². The molecular weight excluding hydrogens is 308 g/mol. The average Bonchev–Trinajstić information content (AvgIpc) is 3.05. The first kappa shape index (κ1) is 16.1. The van der Waals surface area contributed by atoms with Gasteiger partial charge in [-0.05, 0) is 55.7 Å². The number of unbranched alkanes of at least 4 members (excludes halogenated alkanes) is 1. The van der Waals surface area contributed by atoms with E-state index in [1.54, 1.807) is 23.4 Å². The molecule has 1 heterocycles. The first-order valence-electron chi connectivity index (χ1n) is 8.16. The summed E-state index contributed by atoms with van der Waals surface area (Å²) in [5.74, 6) is 1.82. The minimum absolute atomic E-state index is 0.171. The van der Waals surface area contributed by atoms with Gasteiger partial charge in [-0.15, -0.1) is 11.8 Å². The van der Waals surface area contributed by atoms with Crippen molar-refractivity contribution >= 4 is 11.8 Å². The molecule has 1 aromatic heterocycles. The summed E-state index contributed by atoms with van der Waals surface area (Å²) in [5.41, 5.74) is 3.09. The molecule has 0 aliphatic heterocycles. The van der Waals surface area contributed by atoms with Crippen molar-refractivity contribution in [3.8, 4) is 11.4 Å². The highest BCUT2D eigenvalue weighted by Crippen LogP contribution is 2.31. The van der Waals surface area contributed by atoms with E-state index in [2.05, 4.69) is 11.9 Å². The van der Waals surface area contributed by atoms with E-state index in [9.17, 15) is 4.79 Å². The maximum absolute atomic E-state index is 12.6. The summed E-state index contributed by atoms with van der Waals surface area (Å²) in [6, 6.07) is 7.61. The van der Waals surface area contributed by atoms with E-state index in [-0.39, 0.29) is 5.69 Å². The molecular formula is C18H22N2O2S. The smallest absolute Gasteiger partial charge is 0.353 e. The Kier molecular flexibility index (Phi) is 5.06. The Morgan fingerprint density at radius 3 is 2.74 bits per heavy atom. The molecule has 0 atom stereocenters. The molecule has 23 heavy (non-hydrogen) atoms. The van der Waals surface area contributed by atoms with Crippen LogP contribution < -0.4 is 10.4 Å². The quantitative estimate of drug-likeness (QED) is 0.461. The number of thioether (sulfide) groups is 1. The van der Waals surface area contributed by atoms with Crippen molar-refractivity contribution in [1.29, 1.82) is 0 Å². The highest BCUT2D eigenvalue weighted by Gasteiger charge is 2.22. The molecule has 0 saturated heterocycles. The van der Waals surface area contributed by atoms with Gasteiger partial charge >= 0.3 is 5.69 Å². The molecule has 1 aliphatic rings. The monoisotopic (exact) mass is 330 g/mol. The van der Waals surface area contributed by atoms with Crippen LogP contribution >= 0.6 is 11.8 Å². The molecule has 0 bridgehead atoms.